The van der Waals surface area contributed by atoms with Crippen LogP contribution in [0.25, 0.3) is 0 Å². The molecule has 4 atom stereocenters. The number of hydrogen-bond acceptors (Lipinski definition) is 2. The van der Waals surface area contributed by atoms with Crippen molar-refractivity contribution in [1.29, 1.82) is 0 Å². The predicted molar refractivity (Wildman–Crippen MR) is 83.3 cm³/mol. The van der Waals surface area contributed by atoms with Gasteiger partial charge in [-0.1, -0.05) is 53.4 Å². The van der Waals surface area contributed by atoms with Crippen LogP contribution in [0.1, 0.15) is 72.6 Å². The van der Waals surface area contributed by atoms with Crippen LogP contribution in [0.5, 0.6) is 0 Å². The van der Waals surface area contributed by atoms with Gasteiger partial charge in [-0.15, -0.1) is 0 Å². The maximum absolute atomic E-state index is 12.8. The van der Waals surface area contributed by atoms with Crippen molar-refractivity contribution >= 4 is 5.91 Å². The molecule has 1 saturated carbocycles. The normalized spacial score (nSPS) is 35.0. The van der Waals surface area contributed by atoms with Crippen molar-refractivity contribution in [2.45, 2.75) is 90.9 Å². The fraction of sp³-hybridized carbons (Fsp3) is 0.941. The van der Waals surface area contributed by atoms with Crippen LogP contribution in [0.15, 0.2) is 0 Å². The van der Waals surface area contributed by atoms with E-state index in [1.54, 1.807) is 0 Å². The van der Waals surface area contributed by atoms with Crippen molar-refractivity contribution in [1.82, 2.24) is 10.2 Å². The Labute approximate surface area is 124 Å². The molecular formula is C17H32N2O. The van der Waals surface area contributed by atoms with E-state index in [-0.39, 0.29) is 12.2 Å². The molecule has 4 unspecified atom stereocenters. The lowest BCUT2D eigenvalue weighted by molar-refractivity contribution is -0.135. The largest absolute Gasteiger partial charge is 0.322 e. The van der Waals surface area contributed by atoms with Crippen molar-refractivity contribution in [3.8, 4) is 0 Å². The van der Waals surface area contributed by atoms with Gasteiger partial charge in [-0.2, -0.15) is 0 Å². The maximum Gasteiger partial charge on any atom is 0.241 e. The van der Waals surface area contributed by atoms with Gasteiger partial charge in [-0.25, -0.2) is 0 Å². The topological polar surface area (TPSA) is 32.3 Å². The van der Waals surface area contributed by atoms with E-state index in [1.165, 1.54) is 25.7 Å². The third-order valence-corrected chi connectivity index (χ3v) is 5.13. The van der Waals surface area contributed by atoms with Crippen LogP contribution < -0.4 is 5.32 Å². The first-order chi connectivity index (χ1) is 9.56. The van der Waals surface area contributed by atoms with Gasteiger partial charge in [0.2, 0.25) is 5.91 Å². The van der Waals surface area contributed by atoms with E-state index in [1.807, 2.05) is 0 Å². The fourth-order valence-electron chi connectivity index (χ4n) is 3.88. The summed E-state index contributed by atoms with van der Waals surface area (Å²) < 4.78 is 0. The second-order valence-electron chi connectivity index (χ2n) is 7.12. The minimum Gasteiger partial charge on any atom is -0.322 e. The van der Waals surface area contributed by atoms with Crippen LogP contribution in [-0.2, 0) is 4.79 Å². The van der Waals surface area contributed by atoms with Crippen LogP contribution in [0.3, 0.4) is 0 Å². The highest BCUT2D eigenvalue weighted by atomic mass is 16.2. The monoisotopic (exact) mass is 280 g/mol. The molecular weight excluding hydrogens is 248 g/mol. The third kappa shape index (κ3) is 3.19. The van der Waals surface area contributed by atoms with Gasteiger partial charge in [0.1, 0.15) is 0 Å². The summed E-state index contributed by atoms with van der Waals surface area (Å²) in [5.74, 6) is 1.51. The lowest BCUT2D eigenvalue weighted by Crippen LogP contribution is -2.50. The Morgan fingerprint density at radius 2 is 2.00 bits per heavy atom. The van der Waals surface area contributed by atoms with Gasteiger partial charge in [0.05, 0.1) is 12.2 Å². The average molecular weight is 280 g/mol. The SMILES string of the molecule is CCCCC1NC(C(C)C)N(C2CCCCC2C)C1=O. The lowest BCUT2D eigenvalue weighted by atomic mass is 9.84. The van der Waals surface area contributed by atoms with Crippen LogP contribution in [-0.4, -0.2) is 29.1 Å². The highest BCUT2D eigenvalue weighted by Gasteiger charge is 2.44. The second-order valence-corrected chi connectivity index (χ2v) is 7.12. The number of carbonyl (C=O) groups is 1. The molecule has 2 fully saturated rings. The molecule has 1 N–H and O–H groups in total. The first-order valence-corrected chi connectivity index (χ1v) is 8.64. The molecule has 0 aromatic carbocycles. The number of rotatable bonds is 5. The molecule has 0 bridgehead atoms. The number of hydrogen-bond donors (Lipinski definition) is 1. The van der Waals surface area contributed by atoms with Gasteiger partial charge < -0.3 is 4.90 Å². The molecule has 0 spiro atoms. The smallest absolute Gasteiger partial charge is 0.241 e. The van der Waals surface area contributed by atoms with Crippen molar-refractivity contribution in [2.24, 2.45) is 11.8 Å². The molecule has 0 aromatic heterocycles. The Kier molecular flexibility index (Phi) is 5.48. The molecule has 2 rings (SSSR count). The molecule has 1 aliphatic heterocycles. The van der Waals surface area contributed by atoms with Gasteiger partial charge in [-0.05, 0) is 31.1 Å². The molecule has 0 aromatic rings. The average Bonchev–Trinajstić information content (AvgIpc) is 2.74. The van der Waals surface area contributed by atoms with Gasteiger partial charge in [0.15, 0.2) is 0 Å². The van der Waals surface area contributed by atoms with E-state index >= 15 is 0 Å². The number of nitrogens with one attached hydrogen (secondary N) is 1. The van der Waals surface area contributed by atoms with Crippen LogP contribution in [0, 0.1) is 11.8 Å². The van der Waals surface area contributed by atoms with Crippen molar-refractivity contribution in [2.75, 3.05) is 0 Å². The quantitative estimate of drug-likeness (QED) is 0.835. The number of nitrogens with zero attached hydrogens (tertiary/aromatic N) is 1. The lowest BCUT2D eigenvalue weighted by Gasteiger charge is -2.40. The molecule has 1 amide bonds. The Morgan fingerprint density at radius 1 is 1.30 bits per heavy atom. The molecule has 1 heterocycles. The highest BCUT2D eigenvalue weighted by molar-refractivity contribution is 5.84. The number of amides is 1. The molecule has 3 nitrogen and oxygen atoms in total. The summed E-state index contributed by atoms with van der Waals surface area (Å²) in [5, 5.41) is 3.62. The van der Waals surface area contributed by atoms with E-state index in [2.05, 4.69) is 37.9 Å². The van der Waals surface area contributed by atoms with E-state index in [0.29, 0.717) is 23.8 Å². The first kappa shape index (κ1) is 15.8. The minimum absolute atomic E-state index is 0.0662. The Bertz CT molecular complexity index is 329. The summed E-state index contributed by atoms with van der Waals surface area (Å²) in [6.45, 7) is 8.98. The van der Waals surface area contributed by atoms with Gasteiger partial charge in [-0.3, -0.25) is 10.1 Å². The Balaban J connectivity index is 2.12. The standard InChI is InChI=1S/C17H32N2O/c1-5-6-10-14-17(20)19(16(18-14)12(2)3)15-11-8-7-9-13(15)4/h12-16,18H,5-11H2,1-4H3. The van der Waals surface area contributed by atoms with E-state index in [0.717, 1.165) is 19.3 Å². The number of unbranched alkanes of at least 4 members (excludes halogenated alkanes) is 1. The van der Waals surface area contributed by atoms with Gasteiger partial charge in [0, 0.05) is 6.04 Å². The molecule has 116 valence electrons. The molecule has 0 radical (unpaired) electrons. The van der Waals surface area contributed by atoms with Crippen molar-refractivity contribution in [3.05, 3.63) is 0 Å². The minimum atomic E-state index is 0.0662. The zero-order valence-corrected chi connectivity index (χ0v) is 13.7. The van der Waals surface area contributed by atoms with Crippen molar-refractivity contribution < 1.29 is 4.79 Å². The zero-order chi connectivity index (χ0) is 14.7. The van der Waals surface area contributed by atoms with E-state index in [4.69, 9.17) is 0 Å². The Hall–Kier alpha value is -0.570. The maximum atomic E-state index is 12.8. The van der Waals surface area contributed by atoms with E-state index < -0.39 is 0 Å². The summed E-state index contributed by atoms with van der Waals surface area (Å²) >= 11 is 0. The summed E-state index contributed by atoms with van der Waals surface area (Å²) in [6, 6.07) is 0.527. The molecule has 2 aliphatic rings. The molecule has 20 heavy (non-hydrogen) atoms. The van der Waals surface area contributed by atoms with Gasteiger partial charge >= 0.3 is 0 Å². The predicted octanol–water partition coefficient (Wildman–Crippen LogP) is 3.54. The summed E-state index contributed by atoms with van der Waals surface area (Å²) in [6.07, 6.45) is 8.63. The second kappa shape index (κ2) is 6.93. The highest BCUT2D eigenvalue weighted by Crippen LogP contribution is 2.33. The number of carbonyl (C=O) groups excluding carboxylic acids is 1. The third-order valence-electron chi connectivity index (χ3n) is 5.13. The summed E-state index contributed by atoms with van der Waals surface area (Å²) in [7, 11) is 0. The molecule has 3 heteroatoms. The van der Waals surface area contributed by atoms with Crippen molar-refractivity contribution in [3.63, 3.8) is 0 Å². The fourth-order valence-corrected chi connectivity index (χ4v) is 3.88. The van der Waals surface area contributed by atoms with E-state index in [9.17, 15) is 4.79 Å². The van der Waals surface area contributed by atoms with Crippen LogP contribution >= 0.6 is 0 Å². The van der Waals surface area contributed by atoms with Crippen LogP contribution in [0.2, 0.25) is 0 Å². The van der Waals surface area contributed by atoms with Crippen LogP contribution in [0.4, 0.5) is 0 Å². The zero-order valence-electron chi connectivity index (χ0n) is 13.7. The van der Waals surface area contributed by atoms with Gasteiger partial charge in [0.25, 0.3) is 0 Å². The first-order valence-electron chi connectivity index (χ1n) is 8.64. The summed E-state index contributed by atoms with van der Waals surface area (Å²) in [4.78, 5) is 15.1. The molecule has 1 aliphatic carbocycles. The summed E-state index contributed by atoms with van der Waals surface area (Å²) in [5.41, 5.74) is 0. The Morgan fingerprint density at radius 3 is 2.60 bits per heavy atom. The molecule has 1 saturated heterocycles.